The van der Waals surface area contributed by atoms with E-state index < -0.39 is 11.9 Å². The Kier molecular flexibility index (Phi) is 19.7. The van der Waals surface area contributed by atoms with E-state index in [1.165, 1.54) is 64.2 Å². The number of unbranched alkanes of at least 4 members (excludes halogenated alkanes) is 9. The van der Waals surface area contributed by atoms with E-state index in [1.54, 1.807) is 60.7 Å². The second-order valence-electron chi connectivity index (χ2n) is 7.46. The van der Waals surface area contributed by atoms with E-state index in [0.717, 1.165) is 13.1 Å². The minimum atomic E-state index is -0.879. The zero-order chi connectivity index (χ0) is 23.9. The van der Waals surface area contributed by atoms with Crippen molar-refractivity contribution in [2.45, 2.75) is 64.2 Å². The highest BCUT2D eigenvalue weighted by Crippen LogP contribution is 2.09. The maximum Gasteiger partial charge on any atom is 0.335 e. The molecule has 6 heteroatoms. The van der Waals surface area contributed by atoms with Crippen molar-refractivity contribution in [3.8, 4) is 0 Å². The molecule has 0 aromatic heterocycles. The Morgan fingerprint density at radius 1 is 0.500 bits per heavy atom. The van der Waals surface area contributed by atoms with Crippen molar-refractivity contribution in [3.05, 3.63) is 71.8 Å². The van der Waals surface area contributed by atoms with Crippen molar-refractivity contribution in [2.24, 2.45) is 11.5 Å². The number of carboxylic acids is 2. The molecule has 0 spiro atoms. The molecule has 32 heavy (non-hydrogen) atoms. The second kappa shape index (κ2) is 21.5. The number of rotatable bonds is 13. The van der Waals surface area contributed by atoms with Gasteiger partial charge in [0.1, 0.15) is 0 Å². The fourth-order valence-corrected chi connectivity index (χ4v) is 2.86. The van der Waals surface area contributed by atoms with E-state index in [1.807, 2.05) is 0 Å². The van der Waals surface area contributed by atoms with Gasteiger partial charge in [-0.1, -0.05) is 87.8 Å². The molecule has 0 saturated carbocycles. The lowest BCUT2D eigenvalue weighted by atomic mass is 10.1. The lowest BCUT2D eigenvalue weighted by Crippen LogP contribution is -1.97. The molecule has 2 aromatic carbocycles. The number of carboxylic acid groups (broad SMARTS) is 2. The van der Waals surface area contributed by atoms with Crippen molar-refractivity contribution >= 4 is 11.9 Å². The molecule has 0 aliphatic heterocycles. The zero-order valence-electron chi connectivity index (χ0n) is 19.1. The molecule has 0 saturated heterocycles. The molecule has 0 atom stereocenters. The van der Waals surface area contributed by atoms with Crippen molar-refractivity contribution in [1.82, 2.24) is 0 Å². The Balaban J connectivity index is 0.000000466. The van der Waals surface area contributed by atoms with Crippen molar-refractivity contribution in [2.75, 3.05) is 13.1 Å². The molecule has 178 valence electrons. The Morgan fingerprint density at radius 2 is 0.750 bits per heavy atom. The monoisotopic (exact) mass is 444 g/mol. The topological polar surface area (TPSA) is 127 Å². The average molecular weight is 445 g/mol. The smallest absolute Gasteiger partial charge is 0.335 e. The predicted octanol–water partition coefficient (Wildman–Crippen LogP) is 5.57. The van der Waals surface area contributed by atoms with Gasteiger partial charge in [0.2, 0.25) is 0 Å². The van der Waals surface area contributed by atoms with Crippen LogP contribution in [0.25, 0.3) is 0 Å². The van der Waals surface area contributed by atoms with Crippen LogP contribution >= 0.6 is 0 Å². The van der Waals surface area contributed by atoms with Gasteiger partial charge in [0.15, 0.2) is 0 Å². The fourth-order valence-electron chi connectivity index (χ4n) is 2.86. The van der Waals surface area contributed by atoms with Crippen LogP contribution in [0.4, 0.5) is 0 Å². The highest BCUT2D eigenvalue weighted by Gasteiger charge is 1.97. The van der Waals surface area contributed by atoms with Gasteiger partial charge in [-0.05, 0) is 50.2 Å². The van der Waals surface area contributed by atoms with E-state index in [9.17, 15) is 9.59 Å². The summed E-state index contributed by atoms with van der Waals surface area (Å²) in [5, 5.41) is 16.8. The Morgan fingerprint density at radius 3 is 0.938 bits per heavy atom. The van der Waals surface area contributed by atoms with Gasteiger partial charge in [-0.2, -0.15) is 0 Å². The van der Waals surface area contributed by atoms with Crippen LogP contribution in [-0.2, 0) is 0 Å². The summed E-state index contributed by atoms with van der Waals surface area (Å²) in [6, 6.07) is 16.6. The molecular weight excluding hydrogens is 404 g/mol. The molecule has 0 unspecified atom stereocenters. The average Bonchev–Trinajstić information content (AvgIpc) is 2.82. The summed E-state index contributed by atoms with van der Waals surface area (Å²) in [5.41, 5.74) is 11.5. The lowest BCUT2D eigenvalue weighted by molar-refractivity contribution is 0.0686. The minimum absolute atomic E-state index is 0.331. The molecule has 0 aliphatic carbocycles. The third-order valence-electron chi connectivity index (χ3n) is 4.70. The molecule has 6 N–H and O–H groups in total. The Hall–Kier alpha value is -2.70. The van der Waals surface area contributed by atoms with Crippen LogP contribution in [0.2, 0.25) is 0 Å². The van der Waals surface area contributed by atoms with E-state index in [-0.39, 0.29) is 0 Å². The lowest BCUT2D eigenvalue weighted by Gasteiger charge is -2.01. The SMILES string of the molecule is NCCCCCCCCCCCCN.O=C(O)c1ccccc1.O=C(O)c1ccccc1. The molecule has 2 rings (SSSR count). The Bertz CT molecular complexity index is 632. The molecule has 0 aliphatic rings. The van der Waals surface area contributed by atoms with Gasteiger partial charge in [0, 0.05) is 0 Å². The van der Waals surface area contributed by atoms with Gasteiger partial charge >= 0.3 is 11.9 Å². The van der Waals surface area contributed by atoms with Crippen LogP contribution < -0.4 is 11.5 Å². The number of carbonyl (C=O) groups is 2. The maximum absolute atomic E-state index is 10.2. The van der Waals surface area contributed by atoms with Crippen molar-refractivity contribution in [3.63, 3.8) is 0 Å². The minimum Gasteiger partial charge on any atom is -0.478 e. The second-order valence-corrected chi connectivity index (χ2v) is 7.46. The molecule has 0 bridgehead atoms. The summed E-state index contributed by atoms with van der Waals surface area (Å²) < 4.78 is 0. The molecule has 0 amide bonds. The third kappa shape index (κ3) is 18.1. The zero-order valence-corrected chi connectivity index (χ0v) is 19.1. The standard InChI is InChI=1S/C12H28N2.2C7H6O2/c13-11-9-7-5-3-1-2-4-6-8-10-12-14;2*8-7(9)6-4-2-1-3-5-6/h1-14H2;2*1-5H,(H,8,9). The first-order chi connectivity index (χ1) is 15.5. The highest BCUT2D eigenvalue weighted by atomic mass is 16.4. The first-order valence-electron chi connectivity index (χ1n) is 11.5. The van der Waals surface area contributed by atoms with Crippen LogP contribution in [0.3, 0.4) is 0 Å². The van der Waals surface area contributed by atoms with Gasteiger partial charge in [0.05, 0.1) is 11.1 Å². The molecule has 0 fully saturated rings. The van der Waals surface area contributed by atoms with Gasteiger partial charge < -0.3 is 21.7 Å². The quantitative estimate of drug-likeness (QED) is 0.299. The van der Waals surface area contributed by atoms with E-state index in [0.29, 0.717) is 11.1 Å². The van der Waals surface area contributed by atoms with E-state index in [4.69, 9.17) is 21.7 Å². The summed E-state index contributed by atoms with van der Waals surface area (Å²) >= 11 is 0. The third-order valence-corrected chi connectivity index (χ3v) is 4.70. The largest absolute Gasteiger partial charge is 0.478 e. The van der Waals surface area contributed by atoms with Gasteiger partial charge in [-0.3, -0.25) is 0 Å². The molecule has 0 radical (unpaired) electrons. The molecule has 0 heterocycles. The van der Waals surface area contributed by atoms with E-state index in [2.05, 4.69) is 0 Å². The molecular formula is C26H40N2O4. The van der Waals surface area contributed by atoms with Crippen LogP contribution in [0.15, 0.2) is 60.7 Å². The summed E-state index contributed by atoms with van der Waals surface area (Å²) in [6.07, 6.45) is 13.4. The van der Waals surface area contributed by atoms with Gasteiger partial charge in [0.25, 0.3) is 0 Å². The fraction of sp³-hybridized carbons (Fsp3) is 0.462. The van der Waals surface area contributed by atoms with Gasteiger partial charge in [-0.25, -0.2) is 9.59 Å². The summed E-state index contributed by atoms with van der Waals surface area (Å²) in [5.74, 6) is -1.76. The van der Waals surface area contributed by atoms with Gasteiger partial charge in [-0.15, -0.1) is 0 Å². The van der Waals surface area contributed by atoms with Crippen LogP contribution in [0.1, 0.15) is 84.9 Å². The number of nitrogens with two attached hydrogens (primary N) is 2. The number of hydrogen-bond acceptors (Lipinski definition) is 4. The first-order valence-corrected chi connectivity index (χ1v) is 11.5. The van der Waals surface area contributed by atoms with Crippen LogP contribution in [0, 0.1) is 0 Å². The van der Waals surface area contributed by atoms with Crippen LogP contribution in [0.5, 0.6) is 0 Å². The number of hydrogen-bond donors (Lipinski definition) is 4. The van der Waals surface area contributed by atoms with Crippen LogP contribution in [-0.4, -0.2) is 35.2 Å². The normalized spacial score (nSPS) is 9.69. The number of benzene rings is 2. The van der Waals surface area contributed by atoms with Crippen molar-refractivity contribution in [1.29, 1.82) is 0 Å². The summed E-state index contributed by atoms with van der Waals surface area (Å²) in [7, 11) is 0. The summed E-state index contributed by atoms with van der Waals surface area (Å²) in [4.78, 5) is 20.4. The van der Waals surface area contributed by atoms with E-state index >= 15 is 0 Å². The highest BCUT2D eigenvalue weighted by molar-refractivity contribution is 5.87. The summed E-state index contributed by atoms with van der Waals surface area (Å²) in [6.45, 7) is 1.72. The van der Waals surface area contributed by atoms with Crippen molar-refractivity contribution < 1.29 is 19.8 Å². The molecule has 6 nitrogen and oxygen atoms in total. The maximum atomic E-state index is 10.2. The predicted molar refractivity (Wildman–Crippen MR) is 131 cm³/mol. The Labute approximate surface area is 192 Å². The number of aromatic carboxylic acids is 2. The first kappa shape index (κ1) is 29.3. The molecule has 2 aromatic rings.